The number of rotatable bonds is 3. The number of fused-ring (bicyclic) bond motifs is 2. The normalized spacial score (nSPS) is 21.6. The summed E-state index contributed by atoms with van der Waals surface area (Å²) in [5.74, 6) is -0.114. The minimum Gasteiger partial charge on any atom is -0.360 e. The Bertz CT molecular complexity index is 890. The van der Waals surface area contributed by atoms with Crippen molar-refractivity contribution in [3.05, 3.63) is 47.2 Å². The van der Waals surface area contributed by atoms with Crippen molar-refractivity contribution in [3.8, 4) is 0 Å². The van der Waals surface area contributed by atoms with E-state index >= 15 is 0 Å². The van der Waals surface area contributed by atoms with Crippen LogP contribution in [0.2, 0.25) is 0 Å². The van der Waals surface area contributed by atoms with Crippen LogP contribution in [0, 0.1) is 6.92 Å². The molecule has 2 aromatic rings. The molecule has 2 aliphatic rings. The van der Waals surface area contributed by atoms with Crippen LogP contribution in [-0.2, 0) is 21.5 Å². The summed E-state index contributed by atoms with van der Waals surface area (Å²) >= 11 is 0. The number of carbonyl (C=O) groups excluding carboxylic acids is 3. The molecule has 8 heteroatoms. The first-order valence-electron chi connectivity index (χ1n) is 7.95. The van der Waals surface area contributed by atoms with E-state index in [1.807, 2.05) is 24.3 Å². The first-order valence-corrected chi connectivity index (χ1v) is 7.95. The van der Waals surface area contributed by atoms with Gasteiger partial charge in [0.05, 0.1) is 0 Å². The second-order valence-corrected chi connectivity index (χ2v) is 6.25. The molecule has 0 saturated carbocycles. The van der Waals surface area contributed by atoms with E-state index in [4.69, 9.17) is 4.52 Å². The van der Waals surface area contributed by atoms with Crippen molar-refractivity contribution in [3.63, 3.8) is 0 Å². The number of urea groups is 1. The average molecular weight is 340 g/mol. The second kappa shape index (κ2) is 5.44. The maximum absolute atomic E-state index is 12.9. The van der Waals surface area contributed by atoms with Gasteiger partial charge in [0.1, 0.15) is 17.8 Å². The van der Waals surface area contributed by atoms with Crippen LogP contribution in [0.4, 0.5) is 10.6 Å². The lowest BCUT2D eigenvalue weighted by Gasteiger charge is -2.22. The maximum Gasteiger partial charge on any atom is 0.325 e. The number of benzene rings is 1. The standard InChI is InChI=1S/C17H16N4O4/c1-10-8-13(20-25-10)18-14(22)9-21-15(23)17(19-16(21)24)7-6-11-4-2-3-5-12(11)17/h2-5,8H,6-7,9H2,1H3,(H,19,24)(H,18,20,22)/t17-/m1/s1. The maximum atomic E-state index is 12.9. The summed E-state index contributed by atoms with van der Waals surface area (Å²) in [6, 6.07) is 8.54. The molecule has 1 spiro atoms. The number of amides is 4. The Hall–Kier alpha value is -3.16. The molecule has 2 N–H and O–H groups in total. The SMILES string of the molecule is Cc1cc(NC(=O)CN2C(=O)N[C@@]3(CCc4ccccc43)C2=O)no1. The van der Waals surface area contributed by atoms with Gasteiger partial charge in [-0.2, -0.15) is 0 Å². The van der Waals surface area contributed by atoms with Gasteiger partial charge in [-0.15, -0.1) is 0 Å². The Morgan fingerprint density at radius 1 is 1.40 bits per heavy atom. The Kier molecular flexibility index (Phi) is 3.34. The van der Waals surface area contributed by atoms with Gasteiger partial charge in [-0.3, -0.25) is 14.5 Å². The molecule has 1 fully saturated rings. The van der Waals surface area contributed by atoms with Crippen LogP contribution < -0.4 is 10.6 Å². The van der Waals surface area contributed by atoms with Crippen molar-refractivity contribution in [1.82, 2.24) is 15.4 Å². The van der Waals surface area contributed by atoms with Gasteiger partial charge in [-0.1, -0.05) is 29.4 Å². The van der Waals surface area contributed by atoms with E-state index in [0.29, 0.717) is 18.6 Å². The lowest BCUT2D eigenvalue weighted by atomic mass is 9.92. The molecule has 0 unspecified atom stereocenters. The lowest BCUT2D eigenvalue weighted by molar-refractivity contribution is -0.134. The highest BCUT2D eigenvalue weighted by atomic mass is 16.5. The van der Waals surface area contributed by atoms with Gasteiger partial charge in [0.15, 0.2) is 5.82 Å². The number of nitrogens with one attached hydrogen (secondary N) is 2. The monoisotopic (exact) mass is 340 g/mol. The van der Waals surface area contributed by atoms with Crippen molar-refractivity contribution in [2.24, 2.45) is 0 Å². The number of anilines is 1. The highest BCUT2D eigenvalue weighted by Crippen LogP contribution is 2.41. The molecule has 1 saturated heterocycles. The van der Waals surface area contributed by atoms with E-state index in [2.05, 4.69) is 15.8 Å². The Balaban J connectivity index is 1.53. The molecule has 1 aliphatic heterocycles. The first-order chi connectivity index (χ1) is 12.0. The number of nitrogens with zero attached hydrogens (tertiary/aromatic N) is 2. The van der Waals surface area contributed by atoms with Crippen molar-refractivity contribution in [2.75, 3.05) is 11.9 Å². The highest BCUT2D eigenvalue weighted by molar-refractivity contribution is 6.10. The molecule has 0 bridgehead atoms. The number of hydrogen-bond acceptors (Lipinski definition) is 5. The van der Waals surface area contributed by atoms with Crippen molar-refractivity contribution in [1.29, 1.82) is 0 Å². The highest BCUT2D eigenvalue weighted by Gasteiger charge is 2.55. The molecule has 25 heavy (non-hydrogen) atoms. The molecule has 4 rings (SSSR count). The van der Waals surface area contributed by atoms with E-state index in [9.17, 15) is 14.4 Å². The molecule has 8 nitrogen and oxygen atoms in total. The summed E-state index contributed by atoms with van der Waals surface area (Å²) in [6.07, 6.45) is 1.21. The average Bonchev–Trinajstić information content (AvgIpc) is 3.22. The van der Waals surface area contributed by atoms with Gasteiger partial charge in [-0.05, 0) is 30.9 Å². The van der Waals surface area contributed by atoms with Gasteiger partial charge in [-0.25, -0.2) is 4.79 Å². The molecule has 0 radical (unpaired) electrons. The summed E-state index contributed by atoms with van der Waals surface area (Å²) in [5, 5.41) is 8.95. The zero-order valence-corrected chi connectivity index (χ0v) is 13.5. The topological polar surface area (TPSA) is 105 Å². The summed E-state index contributed by atoms with van der Waals surface area (Å²) in [6.45, 7) is 1.32. The quantitative estimate of drug-likeness (QED) is 0.820. The van der Waals surface area contributed by atoms with Crippen LogP contribution >= 0.6 is 0 Å². The fourth-order valence-corrected chi connectivity index (χ4v) is 3.48. The Morgan fingerprint density at radius 3 is 2.96 bits per heavy atom. The van der Waals surface area contributed by atoms with Crippen LogP contribution in [0.5, 0.6) is 0 Å². The number of aromatic nitrogens is 1. The predicted octanol–water partition coefficient (Wildman–Crippen LogP) is 1.32. The molecule has 128 valence electrons. The van der Waals surface area contributed by atoms with Crippen molar-refractivity contribution >= 4 is 23.7 Å². The minimum atomic E-state index is -1.06. The number of imide groups is 1. The number of aryl methyl sites for hydroxylation is 2. The van der Waals surface area contributed by atoms with E-state index in [1.54, 1.807) is 13.0 Å². The van der Waals surface area contributed by atoms with Gasteiger partial charge < -0.3 is 15.2 Å². The van der Waals surface area contributed by atoms with E-state index in [0.717, 1.165) is 16.0 Å². The predicted molar refractivity (Wildman–Crippen MR) is 86.6 cm³/mol. The third kappa shape index (κ3) is 2.37. The smallest absolute Gasteiger partial charge is 0.325 e. The second-order valence-electron chi connectivity index (χ2n) is 6.25. The van der Waals surface area contributed by atoms with Crippen molar-refractivity contribution in [2.45, 2.75) is 25.3 Å². The number of hydrogen-bond donors (Lipinski definition) is 2. The molecular weight excluding hydrogens is 324 g/mol. The number of carbonyl (C=O) groups is 3. The molecular formula is C17H16N4O4. The third-order valence-corrected chi connectivity index (χ3v) is 4.62. The van der Waals surface area contributed by atoms with Gasteiger partial charge in [0, 0.05) is 6.07 Å². The fraction of sp³-hybridized carbons (Fsp3) is 0.294. The van der Waals surface area contributed by atoms with Crippen molar-refractivity contribution < 1.29 is 18.9 Å². The fourth-order valence-electron chi connectivity index (χ4n) is 3.48. The van der Waals surface area contributed by atoms with Crippen LogP contribution in [0.15, 0.2) is 34.9 Å². The van der Waals surface area contributed by atoms with Crippen LogP contribution in [0.3, 0.4) is 0 Å². The van der Waals surface area contributed by atoms with Gasteiger partial charge >= 0.3 is 6.03 Å². The zero-order valence-electron chi connectivity index (χ0n) is 13.5. The van der Waals surface area contributed by atoms with E-state index in [1.165, 1.54) is 0 Å². The summed E-state index contributed by atoms with van der Waals surface area (Å²) < 4.78 is 4.87. The Morgan fingerprint density at radius 2 is 2.20 bits per heavy atom. The molecule has 4 amide bonds. The molecule has 2 heterocycles. The third-order valence-electron chi connectivity index (χ3n) is 4.62. The largest absolute Gasteiger partial charge is 0.360 e. The summed E-state index contributed by atoms with van der Waals surface area (Å²) in [7, 11) is 0. The lowest BCUT2D eigenvalue weighted by Crippen LogP contribution is -2.43. The zero-order chi connectivity index (χ0) is 17.6. The van der Waals surface area contributed by atoms with E-state index in [-0.39, 0.29) is 12.4 Å². The van der Waals surface area contributed by atoms with Crippen LogP contribution in [0.1, 0.15) is 23.3 Å². The minimum absolute atomic E-state index is 0.246. The molecule has 1 aromatic carbocycles. The molecule has 1 aliphatic carbocycles. The van der Waals surface area contributed by atoms with Crippen LogP contribution in [0.25, 0.3) is 0 Å². The van der Waals surface area contributed by atoms with Gasteiger partial charge in [0.2, 0.25) is 5.91 Å². The molecule has 1 aromatic heterocycles. The Labute approximate surface area is 143 Å². The van der Waals surface area contributed by atoms with E-state index < -0.39 is 23.4 Å². The summed E-state index contributed by atoms with van der Waals surface area (Å²) in [4.78, 5) is 38.4. The van der Waals surface area contributed by atoms with Crippen LogP contribution in [-0.4, -0.2) is 34.4 Å². The van der Waals surface area contributed by atoms with Gasteiger partial charge in [0.25, 0.3) is 5.91 Å². The first kappa shape index (κ1) is 15.4. The molecule has 1 atom stereocenters. The summed E-state index contributed by atoms with van der Waals surface area (Å²) in [5.41, 5.74) is 0.794.